The van der Waals surface area contributed by atoms with Gasteiger partial charge in [-0.25, -0.2) is 4.98 Å². The molecule has 2 aliphatic rings. The molecule has 0 saturated carbocycles. The molecule has 0 bridgehead atoms. The normalized spacial score (nSPS) is 23.5. The van der Waals surface area contributed by atoms with Gasteiger partial charge < -0.3 is 14.3 Å². The average Bonchev–Trinajstić information content (AvgIpc) is 3.39. The maximum atomic E-state index is 6.34. The fourth-order valence-electron chi connectivity index (χ4n) is 4.64. The van der Waals surface area contributed by atoms with Crippen LogP contribution in [0.1, 0.15) is 52.4 Å². The van der Waals surface area contributed by atoms with Gasteiger partial charge in [0.05, 0.1) is 29.1 Å². The van der Waals surface area contributed by atoms with E-state index in [1.165, 1.54) is 11.8 Å². The molecule has 5 nitrogen and oxygen atoms in total. The Hall–Kier alpha value is -2.15. The number of benzene rings is 2. The molecule has 0 aliphatic carbocycles. The van der Waals surface area contributed by atoms with E-state index >= 15 is 0 Å². The molecule has 1 atom stereocenters. The Bertz CT molecular complexity index is 1070. The summed E-state index contributed by atoms with van der Waals surface area (Å²) in [4.78, 5) is 10.7. The second-order valence-electron chi connectivity index (χ2n) is 9.66. The highest BCUT2D eigenvalue weighted by atomic mass is 16.7. The summed E-state index contributed by atoms with van der Waals surface area (Å²) in [6.45, 7) is 9.50. The van der Waals surface area contributed by atoms with Crippen molar-refractivity contribution in [3.05, 3.63) is 48.4 Å². The third kappa shape index (κ3) is 3.09. The number of aromatic amines is 1. The van der Waals surface area contributed by atoms with Crippen LogP contribution in [0.5, 0.6) is 0 Å². The Morgan fingerprint density at radius 3 is 2.43 bits per heavy atom. The third-order valence-corrected chi connectivity index (χ3v) is 7.18. The number of H-pyrrole nitrogens is 1. The smallest absolute Gasteiger partial charge is 0.399 e. The second kappa shape index (κ2) is 6.94. The minimum absolute atomic E-state index is 0.358. The summed E-state index contributed by atoms with van der Waals surface area (Å²) in [5.74, 6) is 1.06. The van der Waals surface area contributed by atoms with E-state index in [4.69, 9.17) is 14.3 Å². The Morgan fingerprint density at radius 1 is 1.03 bits per heavy atom. The van der Waals surface area contributed by atoms with E-state index in [0.717, 1.165) is 40.9 Å². The van der Waals surface area contributed by atoms with Crippen LogP contribution >= 0.6 is 0 Å². The lowest BCUT2D eigenvalue weighted by Gasteiger charge is -2.32. The first-order valence-electron chi connectivity index (χ1n) is 10.9. The van der Waals surface area contributed by atoms with Crippen LogP contribution in [0.3, 0.4) is 0 Å². The van der Waals surface area contributed by atoms with Crippen molar-refractivity contribution < 1.29 is 9.31 Å². The summed E-state index contributed by atoms with van der Waals surface area (Å²) in [7, 11) is 1.80. The fraction of sp³-hybridized carbons (Fsp3) is 0.458. The molecule has 0 radical (unpaired) electrons. The predicted molar refractivity (Wildman–Crippen MR) is 122 cm³/mol. The van der Waals surface area contributed by atoms with Crippen LogP contribution in [0.2, 0.25) is 0 Å². The van der Waals surface area contributed by atoms with Gasteiger partial charge in [0.15, 0.2) is 0 Å². The van der Waals surface area contributed by atoms with Gasteiger partial charge >= 0.3 is 7.12 Å². The molecule has 2 aliphatic heterocycles. The van der Waals surface area contributed by atoms with Crippen molar-refractivity contribution in [2.45, 2.75) is 57.8 Å². The molecule has 156 valence electrons. The molecule has 2 aromatic carbocycles. The maximum absolute atomic E-state index is 6.34. The van der Waals surface area contributed by atoms with Crippen molar-refractivity contribution in [1.29, 1.82) is 0 Å². The van der Waals surface area contributed by atoms with E-state index in [0.29, 0.717) is 6.04 Å². The van der Waals surface area contributed by atoms with Gasteiger partial charge in [-0.3, -0.25) is 4.90 Å². The summed E-state index contributed by atoms with van der Waals surface area (Å²) in [5.41, 5.74) is 2.57. The highest BCUT2D eigenvalue weighted by Crippen LogP contribution is 2.38. The summed E-state index contributed by atoms with van der Waals surface area (Å²) in [6, 6.07) is 13.2. The van der Waals surface area contributed by atoms with Gasteiger partial charge in [0, 0.05) is 5.56 Å². The third-order valence-electron chi connectivity index (χ3n) is 7.18. The maximum Gasteiger partial charge on any atom is 0.495 e. The van der Waals surface area contributed by atoms with Crippen LogP contribution in [0.15, 0.2) is 42.6 Å². The minimum Gasteiger partial charge on any atom is -0.399 e. The molecule has 3 heterocycles. The zero-order valence-electron chi connectivity index (χ0n) is 18.5. The summed E-state index contributed by atoms with van der Waals surface area (Å²) in [6.07, 6.45) is 4.35. The lowest BCUT2D eigenvalue weighted by molar-refractivity contribution is 0.00578. The molecule has 30 heavy (non-hydrogen) atoms. The van der Waals surface area contributed by atoms with Crippen LogP contribution in [-0.4, -0.2) is 46.8 Å². The lowest BCUT2D eigenvalue weighted by atomic mass is 9.75. The molecule has 1 aromatic heterocycles. The Morgan fingerprint density at radius 2 is 1.73 bits per heavy atom. The number of imidazole rings is 1. The van der Waals surface area contributed by atoms with Crippen molar-refractivity contribution in [3.63, 3.8) is 0 Å². The Kier molecular flexibility index (Phi) is 4.58. The van der Waals surface area contributed by atoms with Crippen molar-refractivity contribution >= 4 is 23.4 Å². The van der Waals surface area contributed by atoms with E-state index in [1.54, 1.807) is 0 Å². The van der Waals surface area contributed by atoms with Crippen molar-refractivity contribution in [3.8, 4) is 11.3 Å². The van der Waals surface area contributed by atoms with Crippen LogP contribution in [-0.2, 0) is 9.31 Å². The topological polar surface area (TPSA) is 50.4 Å². The van der Waals surface area contributed by atoms with Gasteiger partial charge in [-0.1, -0.05) is 36.4 Å². The van der Waals surface area contributed by atoms with Gasteiger partial charge in [0.1, 0.15) is 5.82 Å². The molecule has 5 rings (SSSR count). The number of rotatable bonds is 3. The number of likely N-dealkylation sites (tertiary alicyclic amines) is 1. The van der Waals surface area contributed by atoms with Gasteiger partial charge in [-0.15, -0.1) is 0 Å². The van der Waals surface area contributed by atoms with Crippen LogP contribution in [0.4, 0.5) is 0 Å². The summed E-state index contributed by atoms with van der Waals surface area (Å²) >= 11 is 0. The molecular formula is C24H30BN3O2. The summed E-state index contributed by atoms with van der Waals surface area (Å²) < 4.78 is 12.7. The molecule has 0 amide bonds. The highest BCUT2D eigenvalue weighted by molar-refractivity contribution is 6.65. The quantitative estimate of drug-likeness (QED) is 0.663. The number of hydrogen-bond donors (Lipinski definition) is 1. The van der Waals surface area contributed by atoms with Crippen LogP contribution < -0.4 is 5.46 Å². The molecule has 2 fully saturated rings. The average molecular weight is 403 g/mol. The van der Waals surface area contributed by atoms with E-state index in [-0.39, 0.29) is 18.3 Å². The standard InChI is InChI=1S/C24H30BN3O2/c1-23(2)24(3,4)30-25(29-23)19-12-7-9-16-17(19)10-6-11-18(16)20-15-26-22(27-20)21-13-8-14-28(21)5/h6-7,9-12,15,21H,8,13-14H2,1-5H3,(H,26,27)/t21-/m1/s1. The first-order valence-corrected chi connectivity index (χ1v) is 10.9. The molecule has 1 N–H and O–H groups in total. The molecule has 0 spiro atoms. The molecule has 3 aromatic rings. The number of nitrogens with zero attached hydrogens (tertiary/aromatic N) is 2. The van der Waals surface area contributed by atoms with Crippen molar-refractivity contribution in [2.24, 2.45) is 0 Å². The molecule has 2 saturated heterocycles. The van der Waals surface area contributed by atoms with E-state index in [2.05, 4.69) is 81.0 Å². The zero-order chi connectivity index (χ0) is 21.1. The predicted octanol–water partition coefficient (Wildman–Crippen LogP) is 4.30. The number of aromatic nitrogens is 2. The SMILES string of the molecule is CN1CCC[C@@H]1c1ncc(-c2cccc3c(B4OC(C)(C)C(C)(C)O4)cccc23)[nH]1. The van der Waals surface area contributed by atoms with E-state index in [9.17, 15) is 0 Å². The number of fused-ring (bicyclic) bond motifs is 1. The van der Waals surface area contributed by atoms with E-state index < -0.39 is 0 Å². The summed E-state index contributed by atoms with van der Waals surface area (Å²) in [5, 5.41) is 2.34. The number of nitrogens with one attached hydrogen (secondary N) is 1. The molecular weight excluding hydrogens is 373 g/mol. The van der Waals surface area contributed by atoms with Gasteiger partial charge in [0.2, 0.25) is 0 Å². The number of hydrogen-bond acceptors (Lipinski definition) is 4. The van der Waals surface area contributed by atoms with Gasteiger partial charge in [-0.05, 0) is 70.4 Å². The van der Waals surface area contributed by atoms with Gasteiger partial charge in [-0.2, -0.15) is 0 Å². The van der Waals surface area contributed by atoms with Crippen molar-refractivity contribution in [1.82, 2.24) is 14.9 Å². The van der Waals surface area contributed by atoms with Crippen molar-refractivity contribution in [2.75, 3.05) is 13.6 Å². The fourth-order valence-corrected chi connectivity index (χ4v) is 4.64. The Labute approximate surface area is 178 Å². The second-order valence-corrected chi connectivity index (χ2v) is 9.66. The highest BCUT2D eigenvalue weighted by Gasteiger charge is 2.52. The monoisotopic (exact) mass is 403 g/mol. The van der Waals surface area contributed by atoms with Gasteiger partial charge in [0.25, 0.3) is 0 Å². The lowest BCUT2D eigenvalue weighted by Crippen LogP contribution is -2.41. The first kappa shape index (κ1) is 19.8. The molecule has 0 unspecified atom stereocenters. The Balaban J connectivity index is 1.55. The zero-order valence-corrected chi connectivity index (χ0v) is 18.5. The first-order chi connectivity index (χ1) is 14.3. The molecule has 6 heteroatoms. The minimum atomic E-state index is -0.376. The van der Waals surface area contributed by atoms with Crippen LogP contribution in [0.25, 0.3) is 22.0 Å². The van der Waals surface area contributed by atoms with E-state index in [1.807, 2.05) is 6.20 Å². The largest absolute Gasteiger partial charge is 0.495 e. The van der Waals surface area contributed by atoms with Crippen LogP contribution in [0, 0.1) is 0 Å².